The SMILES string of the molecule is C=CCN1C(=O)/C(=C/c2ccc(-c3ccc(I)cc3)o2)C(=O)NC1=S. The van der Waals surface area contributed by atoms with Crippen LogP contribution in [0.2, 0.25) is 0 Å². The van der Waals surface area contributed by atoms with E-state index in [9.17, 15) is 9.59 Å². The summed E-state index contributed by atoms with van der Waals surface area (Å²) in [6, 6.07) is 11.4. The average Bonchev–Trinajstić information content (AvgIpc) is 3.05. The fraction of sp³-hybridized carbons (Fsp3) is 0.0556. The lowest BCUT2D eigenvalue weighted by Crippen LogP contribution is -2.53. The monoisotopic (exact) mass is 464 g/mol. The number of furan rings is 1. The third kappa shape index (κ3) is 3.72. The molecular weight excluding hydrogens is 451 g/mol. The van der Waals surface area contributed by atoms with Gasteiger partial charge in [0, 0.05) is 15.7 Å². The molecule has 0 unspecified atom stereocenters. The summed E-state index contributed by atoms with van der Waals surface area (Å²) in [5.74, 6) is 0.0622. The van der Waals surface area contributed by atoms with Gasteiger partial charge in [0.2, 0.25) is 0 Å². The molecule has 2 aromatic rings. The fourth-order valence-corrected chi connectivity index (χ4v) is 2.94. The number of nitrogens with zero attached hydrogens (tertiary/aromatic N) is 1. The Morgan fingerprint density at radius 3 is 2.60 bits per heavy atom. The smallest absolute Gasteiger partial charge is 0.266 e. The number of carbonyl (C=O) groups is 2. The van der Waals surface area contributed by atoms with Crippen molar-refractivity contribution in [2.75, 3.05) is 6.54 Å². The number of hydrogen-bond acceptors (Lipinski definition) is 4. The summed E-state index contributed by atoms with van der Waals surface area (Å²) in [6.07, 6.45) is 2.97. The number of benzene rings is 1. The molecule has 1 aromatic carbocycles. The Balaban J connectivity index is 1.90. The predicted octanol–water partition coefficient (Wildman–Crippen LogP) is 3.36. The first-order chi connectivity index (χ1) is 12.0. The quantitative estimate of drug-likeness (QED) is 0.248. The summed E-state index contributed by atoms with van der Waals surface area (Å²) in [5.41, 5.74) is 0.887. The van der Waals surface area contributed by atoms with Crippen LogP contribution >= 0.6 is 34.8 Å². The van der Waals surface area contributed by atoms with Gasteiger partial charge in [0.1, 0.15) is 17.1 Å². The molecule has 7 heteroatoms. The number of hydrogen-bond donors (Lipinski definition) is 1. The number of halogens is 1. The molecule has 1 aromatic heterocycles. The highest BCUT2D eigenvalue weighted by Crippen LogP contribution is 2.25. The molecule has 0 aliphatic carbocycles. The Labute approximate surface area is 163 Å². The van der Waals surface area contributed by atoms with E-state index in [2.05, 4.69) is 34.5 Å². The van der Waals surface area contributed by atoms with E-state index in [0.717, 1.165) is 9.13 Å². The topological polar surface area (TPSA) is 62.6 Å². The number of amides is 2. The average molecular weight is 464 g/mol. The molecule has 2 amide bonds. The molecule has 5 nitrogen and oxygen atoms in total. The van der Waals surface area contributed by atoms with E-state index in [-0.39, 0.29) is 17.2 Å². The molecule has 25 heavy (non-hydrogen) atoms. The van der Waals surface area contributed by atoms with Crippen molar-refractivity contribution in [2.24, 2.45) is 0 Å². The Kier molecular flexibility index (Phi) is 5.14. The van der Waals surface area contributed by atoms with Crippen molar-refractivity contribution in [3.05, 3.63) is 64.0 Å². The second-order valence-electron chi connectivity index (χ2n) is 5.23. The molecule has 1 N–H and O–H groups in total. The normalized spacial score (nSPS) is 16.3. The summed E-state index contributed by atoms with van der Waals surface area (Å²) in [7, 11) is 0. The van der Waals surface area contributed by atoms with Gasteiger partial charge in [0.15, 0.2) is 5.11 Å². The zero-order valence-electron chi connectivity index (χ0n) is 13.0. The molecule has 1 aliphatic rings. The first kappa shape index (κ1) is 17.6. The second-order valence-corrected chi connectivity index (χ2v) is 6.86. The van der Waals surface area contributed by atoms with Gasteiger partial charge in [-0.15, -0.1) is 6.58 Å². The van der Waals surface area contributed by atoms with Gasteiger partial charge in [-0.2, -0.15) is 0 Å². The van der Waals surface area contributed by atoms with Gasteiger partial charge in [-0.1, -0.05) is 18.2 Å². The Bertz CT molecular complexity index is 899. The van der Waals surface area contributed by atoms with Gasteiger partial charge in [-0.25, -0.2) is 0 Å². The van der Waals surface area contributed by atoms with E-state index in [1.165, 1.54) is 11.0 Å². The Morgan fingerprint density at radius 1 is 1.20 bits per heavy atom. The van der Waals surface area contributed by atoms with E-state index in [1.807, 2.05) is 24.3 Å². The van der Waals surface area contributed by atoms with Gasteiger partial charge < -0.3 is 4.42 Å². The molecule has 0 spiro atoms. The van der Waals surface area contributed by atoms with Gasteiger partial charge in [0.05, 0.1) is 0 Å². The van der Waals surface area contributed by atoms with Crippen molar-refractivity contribution in [1.82, 2.24) is 10.2 Å². The van der Waals surface area contributed by atoms with Crippen LogP contribution in [-0.2, 0) is 9.59 Å². The highest BCUT2D eigenvalue weighted by molar-refractivity contribution is 14.1. The molecule has 2 heterocycles. The van der Waals surface area contributed by atoms with Crippen LogP contribution in [0.4, 0.5) is 0 Å². The summed E-state index contributed by atoms with van der Waals surface area (Å²) >= 11 is 7.24. The molecule has 126 valence electrons. The molecule has 1 saturated heterocycles. The lowest BCUT2D eigenvalue weighted by atomic mass is 10.1. The number of nitrogens with one attached hydrogen (secondary N) is 1. The lowest BCUT2D eigenvalue weighted by molar-refractivity contribution is -0.128. The van der Waals surface area contributed by atoms with E-state index in [0.29, 0.717) is 11.5 Å². The molecule has 0 radical (unpaired) electrons. The van der Waals surface area contributed by atoms with Crippen molar-refractivity contribution in [3.63, 3.8) is 0 Å². The fourth-order valence-electron chi connectivity index (χ4n) is 2.33. The third-order valence-corrected chi connectivity index (χ3v) is 4.58. The molecule has 1 fully saturated rings. The lowest BCUT2D eigenvalue weighted by Gasteiger charge is -2.27. The maximum atomic E-state index is 12.5. The van der Waals surface area contributed by atoms with Crippen LogP contribution in [0.3, 0.4) is 0 Å². The highest BCUT2D eigenvalue weighted by Gasteiger charge is 2.32. The van der Waals surface area contributed by atoms with Gasteiger partial charge >= 0.3 is 0 Å². The third-order valence-electron chi connectivity index (χ3n) is 3.54. The predicted molar refractivity (Wildman–Crippen MR) is 107 cm³/mol. The molecule has 3 rings (SSSR count). The van der Waals surface area contributed by atoms with E-state index in [4.69, 9.17) is 16.6 Å². The molecule has 1 aliphatic heterocycles. The number of carbonyl (C=O) groups excluding carboxylic acids is 2. The van der Waals surface area contributed by atoms with Crippen LogP contribution in [0.5, 0.6) is 0 Å². The van der Waals surface area contributed by atoms with Crippen molar-refractivity contribution >= 4 is 57.8 Å². The minimum atomic E-state index is -0.539. The number of thiocarbonyl (C=S) groups is 1. The number of rotatable bonds is 4. The van der Waals surface area contributed by atoms with Crippen LogP contribution in [0.15, 0.2) is 59.0 Å². The van der Waals surface area contributed by atoms with Gasteiger partial charge in [-0.05, 0) is 65.2 Å². The first-order valence-electron chi connectivity index (χ1n) is 7.35. The van der Waals surface area contributed by atoms with Crippen molar-refractivity contribution < 1.29 is 14.0 Å². The zero-order chi connectivity index (χ0) is 18.0. The highest BCUT2D eigenvalue weighted by atomic mass is 127. The summed E-state index contributed by atoms with van der Waals surface area (Å²) in [4.78, 5) is 25.9. The van der Waals surface area contributed by atoms with Gasteiger partial charge in [-0.3, -0.25) is 19.8 Å². The standard InChI is InChI=1S/C18H13IN2O3S/c1-2-9-21-17(23)14(16(22)20-18(21)25)10-13-7-8-15(24-13)11-3-5-12(19)6-4-11/h2-8,10H,1,9H2,(H,20,22,25)/b14-10+. The molecule has 0 bridgehead atoms. The van der Waals surface area contributed by atoms with Crippen molar-refractivity contribution in [1.29, 1.82) is 0 Å². The van der Waals surface area contributed by atoms with Crippen LogP contribution in [0.25, 0.3) is 17.4 Å². The summed E-state index contributed by atoms with van der Waals surface area (Å²) in [5, 5.41) is 2.57. The summed E-state index contributed by atoms with van der Waals surface area (Å²) < 4.78 is 6.87. The Morgan fingerprint density at radius 2 is 1.92 bits per heavy atom. The second kappa shape index (κ2) is 7.32. The van der Waals surface area contributed by atoms with Crippen LogP contribution in [0, 0.1) is 3.57 Å². The van der Waals surface area contributed by atoms with Crippen LogP contribution in [0.1, 0.15) is 5.76 Å². The minimum Gasteiger partial charge on any atom is -0.457 e. The molecule has 0 atom stereocenters. The first-order valence-corrected chi connectivity index (χ1v) is 8.84. The maximum Gasteiger partial charge on any atom is 0.266 e. The molecular formula is C18H13IN2O3S. The van der Waals surface area contributed by atoms with Crippen LogP contribution < -0.4 is 5.32 Å². The Hall–Kier alpha value is -2.26. The minimum absolute atomic E-state index is 0.0287. The van der Waals surface area contributed by atoms with E-state index >= 15 is 0 Å². The van der Waals surface area contributed by atoms with E-state index in [1.54, 1.807) is 18.2 Å². The summed E-state index contributed by atoms with van der Waals surface area (Å²) in [6.45, 7) is 3.81. The van der Waals surface area contributed by atoms with E-state index < -0.39 is 11.8 Å². The largest absolute Gasteiger partial charge is 0.457 e. The maximum absolute atomic E-state index is 12.5. The molecule has 0 saturated carbocycles. The van der Waals surface area contributed by atoms with Gasteiger partial charge in [0.25, 0.3) is 11.8 Å². The van der Waals surface area contributed by atoms with Crippen molar-refractivity contribution in [2.45, 2.75) is 0 Å². The van der Waals surface area contributed by atoms with Crippen LogP contribution in [-0.4, -0.2) is 28.4 Å². The zero-order valence-corrected chi connectivity index (χ0v) is 16.0. The van der Waals surface area contributed by atoms with Crippen molar-refractivity contribution in [3.8, 4) is 11.3 Å².